The Morgan fingerprint density at radius 3 is 2.61 bits per heavy atom. The summed E-state index contributed by atoms with van der Waals surface area (Å²) in [4.78, 5) is 13.3. The van der Waals surface area contributed by atoms with Crippen molar-refractivity contribution in [3.63, 3.8) is 0 Å². The number of ketones is 1. The van der Waals surface area contributed by atoms with E-state index in [1.165, 1.54) is 4.80 Å². The number of rotatable bonds is 5. The van der Waals surface area contributed by atoms with Gasteiger partial charge in [0.15, 0.2) is 11.6 Å². The molecule has 6 heteroatoms. The van der Waals surface area contributed by atoms with Gasteiger partial charge in [0.1, 0.15) is 5.75 Å². The average Bonchev–Trinajstić information content (AvgIpc) is 2.76. The first kappa shape index (κ1) is 12.2. The van der Waals surface area contributed by atoms with Gasteiger partial charge < -0.3 is 4.74 Å². The number of carbonyl (C=O) groups excluding carboxylic acids is 1. The Hall–Kier alpha value is -2.24. The standard InChI is InChI=1S/C12H14N4O2/c1-3-18-10-6-4-9(5-7-10)11(17)8-12-13-15-16(2)14-12/h4-7H,3,8H2,1-2H3. The van der Waals surface area contributed by atoms with Crippen LogP contribution in [0.5, 0.6) is 5.75 Å². The van der Waals surface area contributed by atoms with E-state index in [0.29, 0.717) is 18.0 Å². The monoisotopic (exact) mass is 246 g/mol. The quantitative estimate of drug-likeness (QED) is 0.737. The molecule has 2 rings (SSSR count). The Morgan fingerprint density at radius 1 is 1.33 bits per heavy atom. The van der Waals surface area contributed by atoms with E-state index >= 15 is 0 Å². The lowest BCUT2D eigenvalue weighted by Gasteiger charge is -2.03. The normalized spacial score (nSPS) is 10.3. The predicted molar refractivity (Wildman–Crippen MR) is 64.4 cm³/mol. The number of nitrogens with zero attached hydrogens (tertiary/aromatic N) is 4. The van der Waals surface area contributed by atoms with Gasteiger partial charge in [-0.05, 0) is 36.4 Å². The highest BCUT2D eigenvalue weighted by atomic mass is 16.5. The van der Waals surface area contributed by atoms with Crippen molar-refractivity contribution < 1.29 is 9.53 Å². The molecule has 1 aromatic heterocycles. The van der Waals surface area contributed by atoms with Crippen LogP contribution in [0.15, 0.2) is 24.3 Å². The molecule has 2 aromatic rings. The van der Waals surface area contributed by atoms with Crippen LogP contribution in [0.3, 0.4) is 0 Å². The molecule has 6 nitrogen and oxygen atoms in total. The summed E-state index contributed by atoms with van der Waals surface area (Å²) in [6.45, 7) is 2.52. The van der Waals surface area contributed by atoms with Crippen molar-refractivity contribution >= 4 is 5.78 Å². The number of benzene rings is 1. The highest BCUT2D eigenvalue weighted by Crippen LogP contribution is 2.13. The summed E-state index contributed by atoms with van der Waals surface area (Å²) in [5.74, 6) is 1.15. The van der Waals surface area contributed by atoms with E-state index in [4.69, 9.17) is 4.74 Å². The van der Waals surface area contributed by atoms with Gasteiger partial charge in [0.2, 0.25) is 0 Å². The molecule has 0 unspecified atom stereocenters. The van der Waals surface area contributed by atoms with Crippen LogP contribution in [0.25, 0.3) is 0 Å². The van der Waals surface area contributed by atoms with Gasteiger partial charge in [-0.15, -0.1) is 10.2 Å². The second-order valence-corrected chi connectivity index (χ2v) is 3.75. The highest BCUT2D eigenvalue weighted by molar-refractivity contribution is 5.97. The third-order valence-electron chi connectivity index (χ3n) is 2.36. The molecular formula is C12H14N4O2. The minimum atomic E-state index is -0.0361. The molecule has 0 amide bonds. The van der Waals surface area contributed by atoms with Crippen molar-refractivity contribution in [2.45, 2.75) is 13.3 Å². The molecule has 1 heterocycles. The zero-order chi connectivity index (χ0) is 13.0. The van der Waals surface area contributed by atoms with Crippen molar-refractivity contribution in [3.8, 4) is 5.75 Å². The molecule has 0 aliphatic heterocycles. The molecule has 0 spiro atoms. The number of hydrogen-bond acceptors (Lipinski definition) is 5. The van der Waals surface area contributed by atoms with Crippen LogP contribution in [-0.4, -0.2) is 32.6 Å². The first-order valence-corrected chi connectivity index (χ1v) is 5.68. The lowest BCUT2D eigenvalue weighted by molar-refractivity contribution is 0.0990. The van der Waals surface area contributed by atoms with Gasteiger partial charge in [-0.3, -0.25) is 4.79 Å². The SMILES string of the molecule is CCOc1ccc(C(=O)Cc2nnn(C)n2)cc1. The minimum Gasteiger partial charge on any atom is -0.494 e. The molecule has 0 aliphatic carbocycles. The Balaban J connectivity index is 2.04. The molecule has 0 N–H and O–H groups in total. The molecule has 0 atom stereocenters. The number of aryl methyl sites for hydroxylation is 1. The smallest absolute Gasteiger partial charge is 0.182 e. The largest absolute Gasteiger partial charge is 0.494 e. The van der Waals surface area contributed by atoms with Gasteiger partial charge in [0.25, 0.3) is 0 Å². The van der Waals surface area contributed by atoms with E-state index in [9.17, 15) is 4.79 Å². The summed E-state index contributed by atoms with van der Waals surface area (Å²) in [5, 5.41) is 11.4. The second kappa shape index (κ2) is 5.39. The summed E-state index contributed by atoms with van der Waals surface area (Å²) in [7, 11) is 1.66. The van der Waals surface area contributed by atoms with Crippen molar-refractivity contribution in [1.29, 1.82) is 0 Å². The van der Waals surface area contributed by atoms with Crippen LogP contribution in [0.1, 0.15) is 23.1 Å². The van der Waals surface area contributed by atoms with E-state index in [1.807, 2.05) is 6.92 Å². The van der Waals surface area contributed by atoms with Gasteiger partial charge in [-0.2, -0.15) is 4.80 Å². The minimum absolute atomic E-state index is 0.0361. The number of Topliss-reactive ketones (excluding diaryl/α,β-unsaturated/α-hetero) is 1. The van der Waals surface area contributed by atoms with Crippen molar-refractivity contribution in [1.82, 2.24) is 20.2 Å². The molecule has 0 saturated carbocycles. The zero-order valence-corrected chi connectivity index (χ0v) is 10.3. The topological polar surface area (TPSA) is 69.9 Å². The number of tetrazole rings is 1. The highest BCUT2D eigenvalue weighted by Gasteiger charge is 2.10. The summed E-state index contributed by atoms with van der Waals surface area (Å²) >= 11 is 0. The summed E-state index contributed by atoms with van der Waals surface area (Å²) in [6, 6.07) is 7.04. The van der Waals surface area contributed by atoms with Crippen LogP contribution in [0.2, 0.25) is 0 Å². The van der Waals surface area contributed by atoms with Crippen molar-refractivity contribution in [3.05, 3.63) is 35.7 Å². The molecule has 0 radical (unpaired) electrons. The van der Waals surface area contributed by atoms with Crippen molar-refractivity contribution in [2.75, 3.05) is 6.61 Å². The van der Waals surface area contributed by atoms with Crippen LogP contribution < -0.4 is 4.74 Å². The Kier molecular flexibility index (Phi) is 3.66. The van der Waals surface area contributed by atoms with Crippen molar-refractivity contribution in [2.24, 2.45) is 7.05 Å². The van der Waals surface area contributed by atoms with E-state index in [2.05, 4.69) is 15.4 Å². The Bertz CT molecular complexity index is 533. The van der Waals surface area contributed by atoms with E-state index in [-0.39, 0.29) is 12.2 Å². The van der Waals surface area contributed by atoms with E-state index in [1.54, 1.807) is 31.3 Å². The van der Waals surface area contributed by atoms with Gasteiger partial charge in [-0.25, -0.2) is 0 Å². The first-order chi connectivity index (χ1) is 8.69. The zero-order valence-electron chi connectivity index (χ0n) is 10.3. The molecule has 0 aliphatic rings. The molecule has 0 bridgehead atoms. The first-order valence-electron chi connectivity index (χ1n) is 5.68. The van der Waals surface area contributed by atoms with Gasteiger partial charge >= 0.3 is 0 Å². The second-order valence-electron chi connectivity index (χ2n) is 3.75. The number of aromatic nitrogens is 4. The average molecular weight is 246 g/mol. The third-order valence-corrected chi connectivity index (χ3v) is 2.36. The third kappa shape index (κ3) is 2.91. The fourth-order valence-corrected chi connectivity index (χ4v) is 1.54. The maximum atomic E-state index is 11.9. The molecule has 94 valence electrons. The lowest BCUT2D eigenvalue weighted by Crippen LogP contribution is -2.05. The number of ether oxygens (including phenoxy) is 1. The molecule has 18 heavy (non-hydrogen) atoms. The Morgan fingerprint density at radius 2 is 2.06 bits per heavy atom. The van der Waals surface area contributed by atoms with Gasteiger partial charge in [-0.1, -0.05) is 0 Å². The molecule has 0 saturated heterocycles. The molecule has 0 fully saturated rings. The summed E-state index contributed by atoms with van der Waals surface area (Å²) in [6.07, 6.45) is 0.155. The van der Waals surface area contributed by atoms with E-state index < -0.39 is 0 Å². The molecule has 1 aromatic carbocycles. The van der Waals surface area contributed by atoms with Crippen LogP contribution in [-0.2, 0) is 13.5 Å². The van der Waals surface area contributed by atoms with Crippen LogP contribution >= 0.6 is 0 Å². The predicted octanol–water partition coefficient (Wildman–Crippen LogP) is 1.03. The fourth-order valence-electron chi connectivity index (χ4n) is 1.54. The summed E-state index contributed by atoms with van der Waals surface area (Å²) < 4.78 is 5.31. The van der Waals surface area contributed by atoms with Crippen LogP contribution in [0.4, 0.5) is 0 Å². The lowest BCUT2D eigenvalue weighted by atomic mass is 10.1. The number of hydrogen-bond donors (Lipinski definition) is 0. The van der Waals surface area contributed by atoms with Gasteiger partial charge in [0.05, 0.1) is 20.1 Å². The number of carbonyl (C=O) groups is 1. The molecular weight excluding hydrogens is 232 g/mol. The summed E-state index contributed by atoms with van der Waals surface area (Å²) in [5.41, 5.74) is 0.617. The fraction of sp³-hybridized carbons (Fsp3) is 0.333. The Labute approximate surface area is 105 Å². The maximum absolute atomic E-state index is 11.9. The maximum Gasteiger partial charge on any atom is 0.182 e. The van der Waals surface area contributed by atoms with E-state index in [0.717, 1.165) is 5.75 Å². The van der Waals surface area contributed by atoms with Gasteiger partial charge in [0, 0.05) is 5.56 Å². The van der Waals surface area contributed by atoms with Crippen LogP contribution in [0, 0.1) is 0 Å².